The molecule has 0 spiro atoms. The van der Waals surface area contributed by atoms with Crippen molar-refractivity contribution in [3.8, 4) is 0 Å². The largest absolute Gasteiger partial charge is 0.347 e. The lowest BCUT2D eigenvalue weighted by molar-refractivity contribution is -0.128. The Morgan fingerprint density at radius 3 is 2.79 bits per heavy atom. The number of carbonyl (C=O) groups is 2. The molecule has 0 aliphatic carbocycles. The fraction of sp³-hybridized carbons (Fsp3) is 0.353. The van der Waals surface area contributed by atoms with Crippen LogP contribution < -0.4 is 11.1 Å². The molecule has 0 bridgehead atoms. The maximum atomic E-state index is 12.2. The van der Waals surface area contributed by atoms with Gasteiger partial charge in [0.05, 0.1) is 0 Å². The smallest absolute Gasteiger partial charge is 0.271 e. The van der Waals surface area contributed by atoms with Gasteiger partial charge in [0.2, 0.25) is 5.91 Å². The highest BCUT2D eigenvalue weighted by Gasteiger charge is 2.21. The number of benzene rings is 1. The van der Waals surface area contributed by atoms with E-state index in [1.165, 1.54) is 11.3 Å². The third-order valence-electron chi connectivity index (χ3n) is 4.05. The van der Waals surface area contributed by atoms with Gasteiger partial charge in [-0.25, -0.2) is 4.98 Å². The highest BCUT2D eigenvalue weighted by atomic mass is 32.1. The van der Waals surface area contributed by atoms with Crippen LogP contribution in [0.15, 0.2) is 29.6 Å². The van der Waals surface area contributed by atoms with Crippen molar-refractivity contribution in [1.82, 2.24) is 15.2 Å². The predicted molar refractivity (Wildman–Crippen MR) is 92.3 cm³/mol. The molecule has 2 amide bonds. The molecule has 7 heteroatoms. The Kier molecular flexibility index (Phi) is 5.22. The van der Waals surface area contributed by atoms with Crippen molar-refractivity contribution in [2.75, 3.05) is 6.54 Å². The molecule has 24 heavy (non-hydrogen) atoms. The summed E-state index contributed by atoms with van der Waals surface area (Å²) in [5, 5.41) is 5.35. The van der Waals surface area contributed by atoms with Crippen molar-refractivity contribution >= 4 is 23.2 Å². The Hall–Kier alpha value is -2.25. The second-order valence-corrected chi connectivity index (χ2v) is 6.64. The Morgan fingerprint density at radius 2 is 2.12 bits per heavy atom. The molecule has 1 aliphatic rings. The maximum absolute atomic E-state index is 12.2. The predicted octanol–water partition coefficient (Wildman–Crippen LogP) is 1.65. The van der Waals surface area contributed by atoms with E-state index in [0.717, 1.165) is 29.1 Å². The summed E-state index contributed by atoms with van der Waals surface area (Å²) in [6.07, 6.45) is 1.55. The molecule has 1 aromatic heterocycles. The van der Waals surface area contributed by atoms with Gasteiger partial charge in [-0.1, -0.05) is 24.3 Å². The van der Waals surface area contributed by atoms with Gasteiger partial charge in [0, 0.05) is 38.0 Å². The number of rotatable bonds is 6. The molecule has 0 atom stereocenters. The van der Waals surface area contributed by atoms with Gasteiger partial charge < -0.3 is 16.0 Å². The standard InChI is InChI=1S/C17H20N4O2S/c18-8-15-20-14(11-24-15)17(23)19-9-12-4-1-2-5-13(12)10-21-7-3-6-16(21)22/h1-2,4-5,11H,3,6-10,18H2,(H,19,23). The summed E-state index contributed by atoms with van der Waals surface area (Å²) in [7, 11) is 0. The Morgan fingerprint density at radius 1 is 1.33 bits per heavy atom. The summed E-state index contributed by atoms with van der Waals surface area (Å²) in [5.41, 5.74) is 7.99. The van der Waals surface area contributed by atoms with Gasteiger partial charge in [-0.2, -0.15) is 0 Å². The van der Waals surface area contributed by atoms with Crippen LogP contribution >= 0.6 is 11.3 Å². The summed E-state index contributed by atoms with van der Waals surface area (Å²) in [6, 6.07) is 7.87. The van der Waals surface area contributed by atoms with E-state index in [1.807, 2.05) is 29.2 Å². The normalized spacial score (nSPS) is 14.2. The van der Waals surface area contributed by atoms with E-state index < -0.39 is 0 Å². The molecule has 126 valence electrons. The molecule has 2 heterocycles. The van der Waals surface area contributed by atoms with Crippen molar-refractivity contribution in [1.29, 1.82) is 0 Å². The summed E-state index contributed by atoms with van der Waals surface area (Å²) < 4.78 is 0. The number of carbonyl (C=O) groups excluding carboxylic acids is 2. The lowest BCUT2D eigenvalue weighted by atomic mass is 10.1. The number of hydrogen-bond donors (Lipinski definition) is 2. The Balaban J connectivity index is 1.64. The van der Waals surface area contributed by atoms with Gasteiger partial charge in [-0.3, -0.25) is 9.59 Å². The van der Waals surface area contributed by atoms with E-state index in [4.69, 9.17) is 5.73 Å². The molecule has 1 saturated heterocycles. The SMILES string of the molecule is NCc1nc(C(=O)NCc2ccccc2CN2CCCC2=O)cs1. The van der Waals surface area contributed by atoms with E-state index in [0.29, 0.717) is 31.7 Å². The van der Waals surface area contributed by atoms with Crippen LogP contribution in [0.1, 0.15) is 39.5 Å². The van der Waals surface area contributed by atoms with Crippen molar-refractivity contribution in [3.63, 3.8) is 0 Å². The third-order valence-corrected chi connectivity index (χ3v) is 4.92. The molecular weight excluding hydrogens is 324 g/mol. The van der Waals surface area contributed by atoms with Gasteiger partial charge in [-0.05, 0) is 17.5 Å². The highest BCUT2D eigenvalue weighted by Crippen LogP contribution is 2.17. The minimum absolute atomic E-state index is 0.200. The number of thiazole rings is 1. The van der Waals surface area contributed by atoms with Crippen molar-refractivity contribution in [2.45, 2.75) is 32.5 Å². The molecule has 2 aromatic rings. The van der Waals surface area contributed by atoms with Crippen molar-refractivity contribution in [3.05, 3.63) is 51.5 Å². The van der Waals surface area contributed by atoms with Gasteiger partial charge in [-0.15, -0.1) is 11.3 Å². The third kappa shape index (κ3) is 3.80. The quantitative estimate of drug-likeness (QED) is 0.834. The van der Waals surface area contributed by atoms with Crippen LogP contribution in [0.2, 0.25) is 0 Å². The topological polar surface area (TPSA) is 88.3 Å². The molecule has 3 N–H and O–H groups in total. The average Bonchev–Trinajstić information content (AvgIpc) is 3.23. The lowest BCUT2D eigenvalue weighted by Gasteiger charge is -2.18. The van der Waals surface area contributed by atoms with E-state index in [-0.39, 0.29) is 11.8 Å². The zero-order valence-corrected chi connectivity index (χ0v) is 14.1. The molecule has 0 radical (unpaired) electrons. The van der Waals surface area contributed by atoms with Crippen LogP contribution in [0.3, 0.4) is 0 Å². The second kappa shape index (κ2) is 7.55. The molecule has 1 fully saturated rings. The number of nitrogens with one attached hydrogen (secondary N) is 1. The van der Waals surface area contributed by atoms with Crippen LogP contribution in [-0.4, -0.2) is 28.2 Å². The van der Waals surface area contributed by atoms with Crippen LogP contribution in [0.4, 0.5) is 0 Å². The minimum Gasteiger partial charge on any atom is -0.347 e. The fourth-order valence-electron chi connectivity index (χ4n) is 2.74. The number of nitrogens with zero attached hydrogens (tertiary/aromatic N) is 2. The molecular formula is C17H20N4O2S. The average molecular weight is 344 g/mol. The minimum atomic E-state index is -0.210. The first-order valence-corrected chi connectivity index (χ1v) is 8.82. The first-order valence-electron chi connectivity index (χ1n) is 7.94. The number of amides is 2. The number of hydrogen-bond acceptors (Lipinski definition) is 5. The Bertz CT molecular complexity index is 744. The summed E-state index contributed by atoms with van der Waals surface area (Å²) >= 11 is 1.38. The zero-order valence-electron chi connectivity index (χ0n) is 13.3. The highest BCUT2D eigenvalue weighted by molar-refractivity contribution is 7.09. The Labute approximate surface area is 144 Å². The maximum Gasteiger partial charge on any atom is 0.271 e. The lowest BCUT2D eigenvalue weighted by Crippen LogP contribution is -2.27. The van der Waals surface area contributed by atoms with Crippen LogP contribution in [-0.2, 0) is 24.4 Å². The molecule has 1 aliphatic heterocycles. The number of nitrogens with two attached hydrogens (primary N) is 1. The molecule has 0 saturated carbocycles. The van der Waals surface area contributed by atoms with Gasteiger partial charge in [0.15, 0.2) is 0 Å². The van der Waals surface area contributed by atoms with Crippen LogP contribution in [0.25, 0.3) is 0 Å². The van der Waals surface area contributed by atoms with Crippen LogP contribution in [0.5, 0.6) is 0 Å². The van der Waals surface area contributed by atoms with Crippen LogP contribution in [0, 0.1) is 0 Å². The van der Waals surface area contributed by atoms with E-state index in [9.17, 15) is 9.59 Å². The monoisotopic (exact) mass is 344 g/mol. The number of aromatic nitrogens is 1. The van der Waals surface area contributed by atoms with Gasteiger partial charge in [0.1, 0.15) is 10.7 Å². The number of likely N-dealkylation sites (tertiary alicyclic amines) is 1. The van der Waals surface area contributed by atoms with Gasteiger partial charge >= 0.3 is 0 Å². The summed E-state index contributed by atoms with van der Waals surface area (Å²) in [4.78, 5) is 30.0. The van der Waals surface area contributed by atoms with Crippen molar-refractivity contribution in [2.24, 2.45) is 5.73 Å². The zero-order chi connectivity index (χ0) is 16.9. The summed E-state index contributed by atoms with van der Waals surface area (Å²) in [5.74, 6) is -0.0105. The molecule has 1 aromatic carbocycles. The molecule has 0 unspecified atom stereocenters. The first kappa shape index (κ1) is 16.6. The first-order chi connectivity index (χ1) is 11.7. The molecule has 6 nitrogen and oxygen atoms in total. The van der Waals surface area contributed by atoms with Gasteiger partial charge in [0.25, 0.3) is 5.91 Å². The van der Waals surface area contributed by atoms with Crippen molar-refractivity contribution < 1.29 is 9.59 Å². The second-order valence-electron chi connectivity index (χ2n) is 5.70. The van der Waals surface area contributed by atoms with E-state index >= 15 is 0 Å². The van der Waals surface area contributed by atoms with E-state index in [2.05, 4.69) is 10.3 Å². The van der Waals surface area contributed by atoms with E-state index in [1.54, 1.807) is 5.38 Å². The summed E-state index contributed by atoms with van der Waals surface area (Å²) in [6.45, 7) is 2.15. The fourth-order valence-corrected chi connectivity index (χ4v) is 3.39. The molecule has 3 rings (SSSR count).